The minimum Gasteiger partial charge on any atom is -0.489 e. The Bertz CT molecular complexity index is 547. The van der Waals surface area contributed by atoms with Gasteiger partial charge in [-0.1, -0.05) is 24.3 Å². The SMILES string of the molecule is CC(=O)c1cccc(OCc2ccc(N)cc2)c1. The van der Waals surface area contributed by atoms with E-state index in [-0.39, 0.29) is 5.78 Å². The summed E-state index contributed by atoms with van der Waals surface area (Å²) in [6.07, 6.45) is 0. The van der Waals surface area contributed by atoms with Gasteiger partial charge < -0.3 is 10.5 Å². The Labute approximate surface area is 106 Å². The van der Waals surface area contributed by atoms with E-state index in [0.29, 0.717) is 17.9 Å². The number of ketones is 1. The number of Topliss-reactive ketones (excluding diaryl/α,β-unsaturated/α-hetero) is 1. The van der Waals surface area contributed by atoms with Crippen LogP contribution in [-0.2, 0) is 6.61 Å². The number of ether oxygens (including phenoxy) is 1. The molecule has 92 valence electrons. The van der Waals surface area contributed by atoms with Crippen LogP contribution in [0.3, 0.4) is 0 Å². The van der Waals surface area contributed by atoms with Gasteiger partial charge in [-0.25, -0.2) is 0 Å². The average Bonchev–Trinajstić information content (AvgIpc) is 2.38. The molecule has 2 aromatic carbocycles. The Morgan fingerprint density at radius 2 is 1.89 bits per heavy atom. The first-order valence-electron chi connectivity index (χ1n) is 5.73. The van der Waals surface area contributed by atoms with Crippen LogP contribution in [0, 0.1) is 0 Å². The van der Waals surface area contributed by atoms with Crippen molar-refractivity contribution < 1.29 is 9.53 Å². The molecule has 0 fully saturated rings. The number of carbonyl (C=O) groups excluding carboxylic acids is 1. The minimum absolute atomic E-state index is 0.0351. The molecule has 2 rings (SSSR count). The van der Waals surface area contributed by atoms with Crippen molar-refractivity contribution in [3.63, 3.8) is 0 Å². The Hall–Kier alpha value is -2.29. The number of nitrogens with two attached hydrogens (primary N) is 1. The van der Waals surface area contributed by atoms with Gasteiger partial charge in [-0.05, 0) is 36.8 Å². The van der Waals surface area contributed by atoms with Crippen LogP contribution in [0.15, 0.2) is 48.5 Å². The van der Waals surface area contributed by atoms with E-state index >= 15 is 0 Å². The summed E-state index contributed by atoms with van der Waals surface area (Å²) >= 11 is 0. The summed E-state index contributed by atoms with van der Waals surface area (Å²) < 4.78 is 5.63. The zero-order chi connectivity index (χ0) is 13.0. The smallest absolute Gasteiger partial charge is 0.159 e. The molecule has 0 bridgehead atoms. The predicted octanol–water partition coefficient (Wildman–Crippen LogP) is 3.05. The summed E-state index contributed by atoms with van der Waals surface area (Å²) in [5, 5.41) is 0. The quantitative estimate of drug-likeness (QED) is 0.661. The number of benzene rings is 2. The molecule has 18 heavy (non-hydrogen) atoms. The molecule has 3 nitrogen and oxygen atoms in total. The van der Waals surface area contributed by atoms with E-state index in [2.05, 4.69) is 0 Å². The Morgan fingerprint density at radius 1 is 1.17 bits per heavy atom. The van der Waals surface area contributed by atoms with Gasteiger partial charge in [0.25, 0.3) is 0 Å². The van der Waals surface area contributed by atoms with Crippen molar-refractivity contribution >= 4 is 11.5 Å². The first kappa shape index (κ1) is 12.2. The van der Waals surface area contributed by atoms with Crippen molar-refractivity contribution in [3.8, 4) is 5.75 Å². The Balaban J connectivity index is 2.04. The molecule has 0 aliphatic heterocycles. The molecule has 3 heteroatoms. The molecule has 0 aliphatic rings. The number of hydrogen-bond acceptors (Lipinski definition) is 3. The monoisotopic (exact) mass is 241 g/mol. The van der Waals surface area contributed by atoms with Crippen molar-refractivity contribution in [2.75, 3.05) is 5.73 Å². The van der Waals surface area contributed by atoms with E-state index < -0.39 is 0 Å². The number of nitrogen functional groups attached to an aromatic ring is 1. The third-order valence-electron chi connectivity index (χ3n) is 2.63. The zero-order valence-corrected chi connectivity index (χ0v) is 10.2. The van der Waals surface area contributed by atoms with E-state index in [1.807, 2.05) is 36.4 Å². The van der Waals surface area contributed by atoms with E-state index in [1.54, 1.807) is 19.1 Å². The van der Waals surface area contributed by atoms with Crippen molar-refractivity contribution in [3.05, 3.63) is 59.7 Å². The van der Waals surface area contributed by atoms with Crippen LogP contribution in [0.5, 0.6) is 5.75 Å². The maximum atomic E-state index is 11.2. The lowest BCUT2D eigenvalue weighted by atomic mass is 10.1. The normalized spacial score (nSPS) is 10.1. The highest BCUT2D eigenvalue weighted by molar-refractivity contribution is 5.94. The molecule has 0 aromatic heterocycles. The first-order chi connectivity index (χ1) is 8.65. The minimum atomic E-state index is 0.0351. The van der Waals surface area contributed by atoms with E-state index in [0.717, 1.165) is 11.3 Å². The van der Waals surface area contributed by atoms with Gasteiger partial charge in [-0.3, -0.25) is 4.79 Å². The largest absolute Gasteiger partial charge is 0.489 e. The molecule has 0 heterocycles. The molecule has 0 aliphatic carbocycles. The fourth-order valence-corrected chi connectivity index (χ4v) is 1.59. The van der Waals surface area contributed by atoms with E-state index in [4.69, 9.17) is 10.5 Å². The van der Waals surface area contributed by atoms with E-state index in [1.165, 1.54) is 0 Å². The summed E-state index contributed by atoms with van der Waals surface area (Å²) in [4.78, 5) is 11.2. The first-order valence-corrected chi connectivity index (χ1v) is 5.73. The van der Waals surface area contributed by atoms with Gasteiger partial charge in [0, 0.05) is 11.3 Å². The second kappa shape index (κ2) is 5.36. The summed E-state index contributed by atoms with van der Waals surface area (Å²) in [5.74, 6) is 0.729. The zero-order valence-electron chi connectivity index (χ0n) is 10.2. The van der Waals surface area contributed by atoms with Crippen LogP contribution in [0.1, 0.15) is 22.8 Å². The van der Waals surface area contributed by atoms with Gasteiger partial charge in [0.05, 0.1) is 0 Å². The van der Waals surface area contributed by atoms with Crippen LogP contribution in [0.2, 0.25) is 0 Å². The molecule has 0 spiro atoms. The standard InChI is InChI=1S/C15H15NO2/c1-11(17)13-3-2-4-15(9-13)18-10-12-5-7-14(16)8-6-12/h2-9H,10,16H2,1H3. The molecular weight excluding hydrogens is 226 g/mol. The molecule has 0 radical (unpaired) electrons. The Kier molecular flexibility index (Phi) is 3.63. The highest BCUT2D eigenvalue weighted by Gasteiger charge is 2.01. The second-order valence-corrected chi connectivity index (χ2v) is 4.11. The van der Waals surface area contributed by atoms with Gasteiger partial charge in [0.1, 0.15) is 12.4 Å². The molecular formula is C15H15NO2. The fourth-order valence-electron chi connectivity index (χ4n) is 1.59. The van der Waals surface area contributed by atoms with E-state index in [9.17, 15) is 4.79 Å². The summed E-state index contributed by atoms with van der Waals surface area (Å²) in [6, 6.07) is 14.7. The molecule has 0 saturated heterocycles. The van der Waals surface area contributed by atoms with Gasteiger partial charge in [0.2, 0.25) is 0 Å². The number of carbonyl (C=O) groups is 1. The van der Waals surface area contributed by atoms with Gasteiger partial charge in [-0.15, -0.1) is 0 Å². The third kappa shape index (κ3) is 3.10. The summed E-state index contributed by atoms with van der Waals surface area (Å²) in [5.41, 5.74) is 8.04. The van der Waals surface area contributed by atoms with Crippen molar-refractivity contribution in [1.29, 1.82) is 0 Å². The molecule has 2 N–H and O–H groups in total. The van der Waals surface area contributed by atoms with Crippen molar-refractivity contribution in [1.82, 2.24) is 0 Å². The third-order valence-corrected chi connectivity index (χ3v) is 2.63. The number of hydrogen-bond donors (Lipinski definition) is 1. The van der Waals surface area contributed by atoms with Crippen LogP contribution in [0.25, 0.3) is 0 Å². The molecule has 0 atom stereocenters. The summed E-state index contributed by atoms with van der Waals surface area (Å²) in [7, 11) is 0. The average molecular weight is 241 g/mol. The topological polar surface area (TPSA) is 52.3 Å². The molecule has 0 amide bonds. The maximum Gasteiger partial charge on any atom is 0.159 e. The van der Waals surface area contributed by atoms with Gasteiger partial charge in [-0.2, -0.15) is 0 Å². The maximum absolute atomic E-state index is 11.2. The van der Waals surface area contributed by atoms with Crippen LogP contribution < -0.4 is 10.5 Å². The molecule has 0 saturated carbocycles. The highest BCUT2D eigenvalue weighted by atomic mass is 16.5. The Morgan fingerprint density at radius 3 is 2.56 bits per heavy atom. The number of anilines is 1. The number of rotatable bonds is 4. The second-order valence-electron chi connectivity index (χ2n) is 4.11. The predicted molar refractivity (Wildman–Crippen MR) is 71.6 cm³/mol. The van der Waals surface area contributed by atoms with Crippen LogP contribution >= 0.6 is 0 Å². The molecule has 0 unspecified atom stereocenters. The summed E-state index contributed by atoms with van der Waals surface area (Å²) in [6.45, 7) is 2.00. The molecule has 2 aromatic rings. The van der Waals surface area contributed by atoms with Gasteiger partial charge >= 0.3 is 0 Å². The van der Waals surface area contributed by atoms with Crippen molar-refractivity contribution in [2.24, 2.45) is 0 Å². The lowest BCUT2D eigenvalue weighted by molar-refractivity contribution is 0.101. The van der Waals surface area contributed by atoms with Gasteiger partial charge in [0.15, 0.2) is 5.78 Å². The van der Waals surface area contributed by atoms with Crippen LogP contribution in [0.4, 0.5) is 5.69 Å². The lowest BCUT2D eigenvalue weighted by Crippen LogP contribution is -1.98. The van der Waals surface area contributed by atoms with Crippen LogP contribution in [-0.4, -0.2) is 5.78 Å². The lowest BCUT2D eigenvalue weighted by Gasteiger charge is -2.07. The van der Waals surface area contributed by atoms with Crippen molar-refractivity contribution in [2.45, 2.75) is 13.5 Å². The highest BCUT2D eigenvalue weighted by Crippen LogP contribution is 2.16. The fraction of sp³-hybridized carbons (Fsp3) is 0.133.